The number of ether oxygens (including phenoxy) is 2. The molecule has 2 saturated heterocycles. The second-order valence-corrected chi connectivity index (χ2v) is 3.56. The zero-order valence-corrected chi connectivity index (χ0v) is 7.90. The summed E-state index contributed by atoms with van der Waals surface area (Å²) in [6.45, 7) is 2.25. The summed E-state index contributed by atoms with van der Waals surface area (Å²) in [4.78, 5) is 24.1. The van der Waals surface area contributed by atoms with Gasteiger partial charge in [-0.2, -0.15) is 0 Å². The predicted octanol–water partition coefficient (Wildman–Crippen LogP) is 0.0442. The van der Waals surface area contributed by atoms with Gasteiger partial charge in [0, 0.05) is 12.5 Å². The fourth-order valence-electron chi connectivity index (χ4n) is 1.67. The van der Waals surface area contributed by atoms with Crippen molar-refractivity contribution in [3.05, 3.63) is 0 Å². The lowest BCUT2D eigenvalue weighted by molar-refractivity contribution is -0.123. The standard InChI is InChI=1S/C9H13NO4/c11-8(7-1-3-13-6-7)5-10-2-4-14-9(10)12/h7H,1-6H2. The normalized spacial score (nSPS) is 26.7. The zero-order chi connectivity index (χ0) is 9.97. The molecule has 14 heavy (non-hydrogen) atoms. The number of hydrogen-bond donors (Lipinski definition) is 0. The average molecular weight is 199 g/mol. The molecule has 2 fully saturated rings. The smallest absolute Gasteiger partial charge is 0.410 e. The second kappa shape index (κ2) is 3.96. The van der Waals surface area contributed by atoms with E-state index in [1.807, 2.05) is 0 Å². The van der Waals surface area contributed by atoms with Gasteiger partial charge in [0.25, 0.3) is 0 Å². The molecule has 0 aromatic carbocycles. The lowest BCUT2D eigenvalue weighted by Gasteiger charge is -2.13. The minimum atomic E-state index is -0.378. The first-order chi connectivity index (χ1) is 6.77. The molecule has 5 heteroatoms. The number of rotatable bonds is 3. The molecule has 0 aromatic heterocycles. The Hall–Kier alpha value is -1.10. The summed E-state index contributed by atoms with van der Waals surface area (Å²) in [5.41, 5.74) is 0. The average Bonchev–Trinajstić information content (AvgIpc) is 2.77. The van der Waals surface area contributed by atoms with E-state index >= 15 is 0 Å². The monoisotopic (exact) mass is 199 g/mol. The van der Waals surface area contributed by atoms with Gasteiger partial charge in [0.05, 0.1) is 19.7 Å². The Balaban J connectivity index is 1.84. The number of carbonyl (C=O) groups is 2. The fraction of sp³-hybridized carbons (Fsp3) is 0.778. The van der Waals surface area contributed by atoms with Gasteiger partial charge < -0.3 is 9.47 Å². The van der Waals surface area contributed by atoms with Crippen molar-refractivity contribution in [2.24, 2.45) is 5.92 Å². The first kappa shape index (κ1) is 9.45. The Morgan fingerprint density at radius 1 is 1.50 bits per heavy atom. The van der Waals surface area contributed by atoms with E-state index in [-0.39, 0.29) is 24.3 Å². The number of amides is 1. The molecule has 0 spiro atoms. The maximum atomic E-state index is 11.6. The van der Waals surface area contributed by atoms with Crippen LogP contribution < -0.4 is 0 Å². The molecule has 1 amide bonds. The summed E-state index contributed by atoms with van der Waals surface area (Å²) in [7, 11) is 0. The molecular formula is C9H13NO4. The van der Waals surface area contributed by atoms with Gasteiger partial charge in [0.1, 0.15) is 6.61 Å². The van der Waals surface area contributed by atoms with Crippen LogP contribution >= 0.6 is 0 Å². The van der Waals surface area contributed by atoms with Crippen LogP contribution in [0.4, 0.5) is 4.79 Å². The number of nitrogens with zero attached hydrogens (tertiary/aromatic N) is 1. The van der Waals surface area contributed by atoms with Crippen LogP contribution in [0.1, 0.15) is 6.42 Å². The van der Waals surface area contributed by atoms with Crippen LogP contribution in [0.15, 0.2) is 0 Å². The lowest BCUT2D eigenvalue weighted by atomic mass is 10.0. The van der Waals surface area contributed by atoms with Crippen molar-refractivity contribution in [3.8, 4) is 0 Å². The third-order valence-electron chi connectivity index (χ3n) is 2.58. The number of Topliss-reactive ketones (excluding diaryl/α,β-unsaturated/α-hetero) is 1. The summed E-state index contributed by atoms with van der Waals surface area (Å²) in [6, 6.07) is 0. The van der Waals surface area contributed by atoms with Crippen molar-refractivity contribution in [3.63, 3.8) is 0 Å². The van der Waals surface area contributed by atoms with Gasteiger partial charge in [-0.3, -0.25) is 9.69 Å². The van der Waals surface area contributed by atoms with Gasteiger partial charge >= 0.3 is 6.09 Å². The highest BCUT2D eigenvalue weighted by molar-refractivity contribution is 5.86. The summed E-state index contributed by atoms with van der Waals surface area (Å²) >= 11 is 0. The van der Waals surface area contributed by atoms with E-state index in [0.717, 1.165) is 6.42 Å². The highest BCUT2D eigenvalue weighted by atomic mass is 16.6. The van der Waals surface area contributed by atoms with Crippen LogP contribution in [0.5, 0.6) is 0 Å². The summed E-state index contributed by atoms with van der Waals surface area (Å²) < 4.78 is 9.85. The maximum Gasteiger partial charge on any atom is 0.410 e. The molecule has 2 aliphatic rings. The lowest BCUT2D eigenvalue weighted by Crippen LogP contribution is -2.34. The van der Waals surface area contributed by atoms with E-state index in [1.165, 1.54) is 4.90 Å². The van der Waals surface area contributed by atoms with Gasteiger partial charge in [0.15, 0.2) is 5.78 Å². The first-order valence-corrected chi connectivity index (χ1v) is 4.79. The van der Waals surface area contributed by atoms with Gasteiger partial charge in [-0.15, -0.1) is 0 Å². The van der Waals surface area contributed by atoms with Crippen LogP contribution in [0, 0.1) is 5.92 Å². The second-order valence-electron chi connectivity index (χ2n) is 3.56. The molecule has 1 unspecified atom stereocenters. The molecule has 2 heterocycles. The zero-order valence-electron chi connectivity index (χ0n) is 7.90. The highest BCUT2D eigenvalue weighted by Crippen LogP contribution is 2.15. The van der Waals surface area contributed by atoms with E-state index in [2.05, 4.69) is 0 Å². The van der Waals surface area contributed by atoms with Crippen LogP contribution in [0.25, 0.3) is 0 Å². The molecule has 78 valence electrons. The Morgan fingerprint density at radius 3 is 2.93 bits per heavy atom. The van der Waals surface area contributed by atoms with Crippen molar-refractivity contribution in [1.29, 1.82) is 0 Å². The van der Waals surface area contributed by atoms with Crippen LogP contribution in [-0.4, -0.2) is 49.7 Å². The summed E-state index contributed by atoms with van der Waals surface area (Å²) in [6.07, 6.45) is 0.402. The predicted molar refractivity (Wildman–Crippen MR) is 46.9 cm³/mol. The Morgan fingerprint density at radius 2 is 2.36 bits per heavy atom. The maximum absolute atomic E-state index is 11.6. The topological polar surface area (TPSA) is 55.8 Å². The molecule has 2 aliphatic heterocycles. The SMILES string of the molecule is O=C(CN1CCOC1=O)C1CCOC1. The number of cyclic esters (lactones) is 1. The Bertz CT molecular complexity index is 247. The van der Waals surface area contributed by atoms with Gasteiger partial charge in [-0.25, -0.2) is 4.79 Å². The highest BCUT2D eigenvalue weighted by Gasteiger charge is 2.29. The summed E-state index contributed by atoms with van der Waals surface area (Å²) in [5.74, 6) is 0.0600. The molecule has 0 saturated carbocycles. The van der Waals surface area contributed by atoms with Crippen LogP contribution in [0.2, 0.25) is 0 Å². The largest absolute Gasteiger partial charge is 0.448 e. The van der Waals surface area contributed by atoms with E-state index in [9.17, 15) is 9.59 Å². The number of carbonyl (C=O) groups excluding carboxylic acids is 2. The minimum absolute atomic E-state index is 0.0246. The molecule has 1 atom stereocenters. The van der Waals surface area contributed by atoms with Crippen molar-refractivity contribution in [2.75, 3.05) is 32.9 Å². The quantitative estimate of drug-likeness (QED) is 0.644. The Kier molecular flexibility index (Phi) is 2.67. The number of ketones is 1. The first-order valence-electron chi connectivity index (χ1n) is 4.79. The molecule has 0 bridgehead atoms. The van der Waals surface area contributed by atoms with E-state index in [1.54, 1.807) is 0 Å². The minimum Gasteiger partial charge on any atom is -0.448 e. The van der Waals surface area contributed by atoms with Gasteiger partial charge in [-0.05, 0) is 6.42 Å². The summed E-state index contributed by atoms with van der Waals surface area (Å²) in [5, 5.41) is 0. The fourth-order valence-corrected chi connectivity index (χ4v) is 1.67. The van der Waals surface area contributed by atoms with Crippen molar-refractivity contribution < 1.29 is 19.1 Å². The molecule has 0 aromatic rings. The van der Waals surface area contributed by atoms with Crippen LogP contribution in [-0.2, 0) is 14.3 Å². The molecular weight excluding hydrogens is 186 g/mol. The number of hydrogen-bond acceptors (Lipinski definition) is 4. The van der Waals surface area contributed by atoms with E-state index in [4.69, 9.17) is 9.47 Å². The van der Waals surface area contributed by atoms with Crippen molar-refractivity contribution >= 4 is 11.9 Å². The van der Waals surface area contributed by atoms with Crippen LogP contribution in [0.3, 0.4) is 0 Å². The molecule has 0 aliphatic carbocycles. The van der Waals surface area contributed by atoms with Gasteiger partial charge in [0.2, 0.25) is 0 Å². The third-order valence-corrected chi connectivity index (χ3v) is 2.58. The van der Waals surface area contributed by atoms with Gasteiger partial charge in [-0.1, -0.05) is 0 Å². The third kappa shape index (κ3) is 1.87. The van der Waals surface area contributed by atoms with E-state index in [0.29, 0.717) is 26.4 Å². The molecule has 0 N–H and O–H groups in total. The van der Waals surface area contributed by atoms with Crippen molar-refractivity contribution in [1.82, 2.24) is 4.90 Å². The molecule has 2 rings (SSSR count). The molecule has 5 nitrogen and oxygen atoms in total. The Labute approximate surface area is 82.0 Å². The van der Waals surface area contributed by atoms with E-state index < -0.39 is 0 Å². The van der Waals surface area contributed by atoms with Crippen molar-refractivity contribution in [2.45, 2.75) is 6.42 Å². The molecule has 0 radical (unpaired) electrons.